The van der Waals surface area contributed by atoms with Crippen LogP contribution in [0.3, 0.4) is 0 Å². The van der Waals surface area contributed by atoms with Gasteiger partial charge in [0.25, 0.3) is 0 Å². The number of halogens is 1. The third-order valence-corrected chi connectivity index (χ3v) is 6.73. The van der Waals surface area contributed by atoms with E-state index in [1.54, 1.807) is 0 Å². The number of nitrogens with one attached hydrogen (secondary N) is 1. The average molecular weight is 395 g/mol. The molecule has 2 aromatic carbocycles. The second kappa shape index (κ2) is 7.86. The summed E-state index contributed by atoms with van der Waals surface area (Å²) in [5.74, 6) is 0. The summed E-state index contributed by atoms with van der Waals surface area (Å²) in [6.07, 6.45) is 6.91. The lowest BCUT2D eigenvalue weighted by atomic mass is 10.0. The largest absolute Gasteiger partial charge is 0.326 e. The Morgan fingerprint density at radius 3 is 2.93 bits per heavy atom. The van der Waals surface area contributed by atoms with Gasteiger partial charge in [0.05, 0.1) is 23.9 Å². The number of benzene rings is 2. The van der Waals surface area contributed by atoms with Crippen molar-refractivity contribution in [2.75, 3.05) is 19.6 Å². The molecule has 5 rings (SSSR count). The Bertz CT molecular complexity index is 960. The molecule has 0 bridgehead atoms. The Morgan fingerprint density at radius 2 is 2.07 bits per heavy atom. The van der Waals surface area contributed by atoms with E-state index in [0.29, 0.717) is 6.04 Å². The lowest BCUT2D eigenvalue weighted by molar-refractivity contribution is 0.190. The van der Waals surface area contributed by atoms with Gasteiger partial charge in [0.15, 0.2) is 0 Å². The highest BCUT2D eigenvalue weighted by Gasteiger charge is 2.32. The number of rotatable bonds is 5. The van der Waals surface area contributed by atoms with Crippen LogP contribution in [0.2, 0.25) is 5.02 Å². The molecule has 0 spiro atoms. The van der Waals surface area contributed by atoms with E-state index in [1.165, 1.54) is 31.4 Å². The summed E-state index contributed by atoms with van der Waals surface area (Å²) in [6.45, 7) is 4.31. The normalized spacial score (nSPS) is 23.0. The molecule has 0 aliphatic carbocycles. The maximum atomic E-state index is 6.69. The Hall–Kier alpha value is -1.88. The number of nitrogens with zero attached hydrogens (tertiary/aromatic N) is 3. The van der Waals surface area contributed by atoms with E-state index in [9.17, 15) is 0 Å². The van der Waals surface area contributed by atoms with Crippen molar-refractivity contribution in [3.8, 4) is 0 Å². The van der Waals surface area contributed by atoms with E-state index >= 15 is 0 Å². The number of aromatic nitrogens is 2. The van der Waals surface area contributed by atoms with Gasteiger partial charge >= 0.3 is 0 Å². The predicted molar refractivity (Wildman–Crippen MR) is 115 cm³/mol. The van der Waals surface area contributed by atoms with E-state index in [4.69, 9.17) is 11.6 Å². The first kappa shape index (κ1) is 18.2. The molecule has 0 amide bonds. The zero-order valence-electron chi connectivity index (χ0n) is 16.1. The molecule has 28 heavy (non-hydrogen) atoms. The first-order valence-corrected chi connectivity index (χ1v) is 10.8. The summed E-state index contributed by atoms with van der Waals surface area (Å²) in [5, 5.41) is 4.38. The molecule has 2 unspecified atom stereocenters. The topological polar surface area (TPSA) is 33.1 Å². The van der Waals surface area contributed by atoms with E-state index < -0.39 is 0 Å². The number of fused-ring (bicyclic) bond motifs is 1. The molecule has 146 valence electrons. The minimum atomic E-state index is 0.657. The zero-order valence-corrected chi connectivity index (χ0v) is 16.9. The molecule has 0 radical (unpaired) electrons. The molecule has 2 fully saturated rings. The van der Waals surface area contributed by atoms with Crippen molar-refractivity contribution >= 4 is 22.6 Å². The van der Waals surface area contributed by atoms with E-state index in [1.807, 2.05) is 18.5 Å². The summed E-state index contributed by atoms with van der Waals surface area (Å²) < 4.78 is 2.17. The third kappa shape index (κ3) is 3.57. The number of imidazole rings is 1. The Kier molecular flexibility index (Phi) is 5.10. The summed E-state index contributed by atoms with van der Waals surface area (Å²) in [7, 11) is 0. The average Bonchev–Trinajstić information content (AvgIpc) is 3.45. The summed E-state index contributed by atoms with van der Waals surface area (Å²) in [5.41, 5.74) is 4.68. The number of hydrogen-bond donors (Lipinski definition) is 1. The lowest BCUT2D eigenvalue weighted by Crippen LogP contribution is -2.41. The van der Waals surface area contributed by atoms with E-state index in [-0.39, 0.29) is 0 Å². The molecule has 2 atom stereocenters. The molecule has 1 aromatic heterocycles. The predicted octanol–water partition coefficient (Wildman–Crippen LogP) is 4.11. The zero-order chi connectivity index (χ0) is 18.9. The van der Waals surface area contributed by atoms with Crippen LogP contribution in [0.15, 0.2) is 48.8 Å². The van der Waals surface area contributed by atoms with Gasteiger partial charge in [-0.1, -0.05) is 35.9 Å². The molecule has 3 heterocycles. The van der Waals surface area contributed by atoms with Gasteiger partial charge in [0.1, 0.15) is 0 Å². The van der Waals surface area contributed by atoms with Gasteiger partial charge in [-0.05, 0) is 68.1 Å². The fourth-order valence-corrected chi connectivity index (χ4v) is 5.18. The molecule has 2 saturated heterocycles. The van der Waals surface area contributed by atoms with Gasteiger partial charge in [-0.2, -0.15) is 0 Å². The van der Waals surface area contributed by atoms with Gasteiger partial charge in [0.2, 0.25) is 0 Å². The van der Waals surface area contributed by atoms with Crippen molar-refractivity contribution in [1.29, 1.82) is 0 Å². The quantitative estimate of drug-likeness (QED) is 0.707. The smallest absolute Gasteiger partial charge is 0.0961 e. The lowest BCUT2D eigenvalue weighted by Gasteiger charge is -2.30. The molecule has 0 saturated carbocycles. The Morgan fingerprint density at radius 1 is 1.14 bits per heavy atom. The van der Waals surface area contributed by atoms with Gasteiger partial charge in [-0.15, -0.1) is 0 Å². The molecule has 4 nitrogen and oxygen atoms in total. The summed E-state index contributed by atoms with van der Waals surface area (Å²) in [4.78, 5) is 7.22. The van der Waals surface area contributed by atoms with Gasteiger partial charge in [0, 0.05) is 23.7 Å². The van der Waals surface area contributed by atoms with Crippen LogP contribution in [-0.4, -0.2) is 46.2 Å². The summed E-state index contributed by atoms with van der Waals surface area (Å²) in [6, 6.07) is 16.3. The van der Waals surface area contributed by atoms with Crippen molar-refractivity contribution < 1.29 is 0 Å². The highest BCUT2D eigenvalue weighted by Crippen LogP contribution is 2.28. The van der Waals surface area contributed by atoms with Crippen LogP contribution < -0.4 is 5.32 Å². The number of para-hydroxylation sites is 2. The van der Waals surface area contributed by atoms with Crippen LogP contribution in [0, 0.1) is 0 Å². The highest BCUT2D eigenvalue weighted by atomic mass is 35.5. The minimum Gasteiger partial charge on any atom is -0.326 e. The van der Waals surface area contributed by atoms with Crippen LogP contribution in [0.1, 0.15) is 30.4 Å². The fraction of sp³-hybridized carbons (Fsp3) is 0.435. The van der Waals surface area contributed by atoms with E-state index in [0.717, 1.165) is 53.7 Å². The minimum absolute atomic E-state index is 0.657. The second-order valence-corrected chi connectivity index (χ2v) is 8.58. The molecule has 2 aliphatic heterocycles. The van der Waals surface area contributed by atoms with Crippen LogP contribution in [0.25, 0.3) is 11.0 Å². The van der Waals surface area contributed by atoms with Gasteiger partial charge in [-0.25, -0.2) is 4.98 Å². The Labute approximate surface area is 171 Å². The SMILES string of the molecule is Clc1cc(CC2CCCN2C2CCNC2)ccc1Cn1cnc2ccccc21. The van der Waals surface area contributed by atoms with Crippen LogP contribution in [0.4, 0.5) is 0 Å². The van der Waals surface area contributed by atoms with E-state index in [2.05, 4.69) is 50.1 Å². The van der Waals surface area contributed by atoms with Crippen LogP contribution in [0.5, 0.6) is 0 Å². The standard InChI is InChI=1S/C23H27ClN4/c24-21-13-17(12-19-4-3-11-28(19)20-9-10-25-14-20)7-8-18(21)15-27-16-26-22-5-1-2-6-23(22)27/h1-2,5-8,13,16,19-20,25H,3-4,9-12,14-15H2. The van der Waals surface area contributed by atoms with Crippen LogP contribution >= 0.6 is 11.6 Å². The fourth-order valence-electron chi connectivity index (χ4n) is 4.92. The molecule has 5 heteroatoms. The molecule has 1 N–H and O–H groups in total. The second-order valence-electron chi connectivity index (χ2n) is 8.17. The molecule has 2 aliphatic rings. The van der Waals surface area contributed by atoms with Crippen molar-refractivity contribution in [2.24, 2.45) is 0 Å². The van der Waals surface area contributed by atoms with Crippen molar-refractivity contribution in [2.45, 2.75) is 44.3 Å². The monoisotopic (exact) mass is 394 g/mol. The maximum Gasteiger partial charge on any atom is 0.0961 e. The molecular formula is C23H27ClN4. The van der Waals surface area contributed by atoms with Crippen molar-refractivity contribution in [3.63, 3.8) is 0 Å². The van der Waals surface area contributed by atoms with Gasteiger partial charge in [-0.3, -0.25) is 4.90 Å². The first-order chi connectivity index (χ1) is 13.8. The highest BCUT2D eigenvalue weighted by molar-refractivity contribution is 6.31. The number of hydrogen-bond acceptors (Lipinski definition) is 3. The maximum absolute atomic E-state index is 6.69. The molecular weight excluding hydrogens is 368 g/mol. The van der Waals surface area contributed by atoms with Crippen molar-refractivity contribution in [1.82, 2.24) is 19.8 Å². The number of likely N-dealkylation sites (tertiary alicyclic amines) is 1. The first-order valence-electron chi connectivity index (χ1n) is 10.4. The molecule has 3 aromatic rings. The van der Waals surface area contributed by atoms with Gasteiger partial charge < -0.3 is 9.88 Å². The third-order valence-electron chi connectivity index (χ3n) is 6.38. The Balaban J connectivity index is 1.31. The van der Waals surface area contributed by atoms with Crippen LogP contribution in [-0.2, 0) is 13.0 Å². The summed E-state index contributed by atoms with van der Waals surface area (Å²) >= 11 is 6.69. The van der Waals surface area contributed by atoms with Crippen molar-refractivity contribution in [3.05, 3.63) is 64.9 Å².